The number of hydrogen-bond acceptors (Lipinski definition) is 2. The van der Waals surface area contributed by atoms with Gasteiger partial charge in [-0.3, -0.25) is 0 Å². The zero-order chi connectivity index (χ0) is 13.8. The molecule has 2 aromatic rings. The van der Waals surface area contributed by atoms with Crippen molar-refractivity contribution in [3.63, 3.8) is 0 Å². The summed E-state index contributed by atoms with van der Waals surface area (Å²) in [4.78, 5) is 0. The predicted octanol–water partition coefficient (Wildman–Crippen LogP) is 3.93. The number of anilines is 1. The molecule has 0 bridgehead atoms. The van der Waals surface area contributed by atoms with Gasteiger partial charge in [-0.05, 0) is 36.8 Å². The lowest BCUT2D eigenvalue weighted by Crippen LogP contribution is -2.17. The average molecular weight is 280 g/mol. The Morgan fingerprint density at radius 1 is 1.26 bits per heavy atom. The summed E-state index contributed by atoms with van der Waals surface area (Å²) in [6.45, 7) is 1.73. The van der Waals surface area contributed by atoms with Crippen LogP contribution in [0.15, 0.2) is 42.5 Å². The number of benzene rings is 2. The van der Waals surface area contributed by atoms with E-state index in [0.717, 1.165) is 11.3 Å². The van der Waals surface area contributed by atoms with Crippen LogP contribution in [0.2, 0.25) is 5.02 Å². The molecule has 2 aromatic carbocycles. The third-order valence-electron chi connectivity index (χ3n) is 2.89. The maximum atomic E-state index is 13.8. The van der Waals surface area contributed by atoms with E-state index in [-0.39, 0.29) is 12.2 Å². The van der Waals surface area contributed by atoms with E-state index in [0.29, 0.717) is 5.02 Å². The van der Waals surface area contributed by atoms with Crippen molar-refractivity contribution in [3.8, 4) is 0 Å². The predicted molar refractivity (Wildman–Crippen MR) is 76.0 cm³/mol. The monoisotopic (exact) mass is 279 g/mol. The standard InChI is InChI=1S/C15H15ClFNO/c1-10-4-2-5-11(8-10)18-14(9-19)15-12(16)6-3-7-13(15)17/h2-8,14,18-19H,9H2,1H3. The molecule has 0 aliphatic rings. The highest BCUT2D eigenvalue weighted by atomic mass is 35.5. The molecule has 0 aliphatic heterocycles. The minimum atomic E-state index is -0.574. The van der Waals surface area contributed by atoms with Crippen LogP contribution >= 0.6 is 11.6 Å². The maximum absolute atomic E-state index is 13.8. The average Bonchev–Trinajstić information content (AvgIpc) is 2.37. The van der Waals surface area contributed by atoms with Crippen molar-refractivity contribution in [2.24, 2.45) is 0 Å². The molecule has 0 radical (unpaired) electrons. The zero-order valence-corrected chi connectivity index (χ0v) is 11.3. The van der Waals surface area contributed by atoms with Gasteiger partial charge in [0.2, 0.25) is 0 Å². The Morgan fingerprint density at radius 3 is 2.63 bits per heavy atom. The van der Waals surface area contributed by atoms with E-state index in [4.69, 9.17) is 11.6 Å². The summed E-state index contributed by atoms with van der Waals surface area (Å²) in [5.41, 5.74) is 2.19. The molecular weight excluding hydrogens is 265 g/mol. The first kappa shape index (κ1) is 13.8. The Bertz CT molecular complexity index is 554. The van der Waals surface area contributed by atoms with Gasteiger partial charge < -0.3 is 10.4 Å². The quantitative estimate of drug-likeness (QED) is 0.889. The van der Waals surface area contributed by atoms with Crippen molar-refractivity contribution in [1.82, 2.24) is 0 Å². The van der Waals surface area contributed by atoms with Crippen molar-refractivity contribution >= 4 is 17.3 Å². The molecule has 0 saturated carbocycles. The molecule has 0 aromatic heterocycles. The Hall–Kier alpha value is -1.58. The van der Waals surface area contributed by atoms with Crippen LogP contribution < -0.4 is 5.32 Å². The molecule has 4 heteroatoms. The van der Waals surface area contributed by atoms with Crippen molar-refractivity contribution in [3.05, 3.63) is 64.4 Å². The van der Waals surface area contributed by atoms with Crippen LogP contribution in [0, 0.1) is 12.7 Å². The van der Waals surface area contributed by atoms with E-state index in [9.17, 15) is 9.50 Å². The first-order valence-electron chi connectivity index (χ1n) is 6.00. The van der Waals surface area contributed by atoms with Gasteiger partial charge in [0.05, 0.1) is 12.6 Å². The minimum absolute atomic E-state index is 0.241. The van der Waals surface area contributed by atoms with Gasteiger partial charge in [0.15, 0.2) is 0 Å². The number of rotatable bonds is 4. The lowest BCUT2D eigenvalue weighted by atomic mass is 10.1. The number of hydrogen-bond donors (Lipinski definition) is 2. The van der Waals surface area contributed by atoms with Gasteiger partial charge in [0, 0.05) is 16.3 Å². The van der Waals surface area contributed by atoms with Crippen LogP contribution in [0.1, 0.15) is 17.2 Å². The Balaban J connectivity index is 2.30. The Morgan fingerprint density at radius 2 is 2.00 bits per heavy atom. The number of nitrogens with one attached hydrogen (secondary N) is 1. The van der Waals surface area contributed by atoms with Crippen LogP contribution in [-0.2, 0) is 0 Å². The SMILES string of the molecule is Cc1cccc(NC(CO)c2c(F)cccc2Cl)c1. The van der Waals surface area contributed by atoms with Crippen LogP contribution in [0.5, 0.6) is 0 Å². The molecule has 0 amide bonds. The molecule has 0 spiro atoms. The molecule has 0 saturated heterocycles. The molecule has 0 aliphatic carbocycles. The lowest BCUT2D eigenvalue weighted by Gasteiger charge is -2.20. The van der Waals surface area contributed by atoms with E-state index >= 15 is 0 Å². The van der Waals surface area contributed by atoms with Crippen LogP contribution in [0.3, 0.4) is 0 Å². The highest BCUT2D eigenvalue weighted by Crippen LogP contribution is 2.28. The second-order valence-corrected chi connectivity index (χ2v) is 4.79. The van der Waals surface area contributed by atoms with Crippen LogP contribution in [-0.4, -0.2) is 11.7 Å². The Kier molecular flexibility index (Phi) is 4.40. The fourth-order valence-corrected chi connectivity index (χ4v) is 2.28. The van der Waals surface area contributed by atoms with Gasteiger partial charge in [-0.25, -0.2) is 4.39 Å². The summed E-state index contributed by atoms with van der Waals surface area (Å²) in [6, 6.07) is 11.6. The highest BCUT2D eigenvalue weighted by molar-refractivity contribution is 6.31. The second-order valence-electron chi connectivity index (χ2n) is 4.38. The van der Waals surface area contributed by atoms with Crippen molar-refractivity contribution in [2.45, 2.75) is 13.0 Å². The normalized spacial score (nSPS) is 12.2. The van der Waals surface area contributed by atoms with Crippen LogP contribution in [0.25, 0.3) is 0 Å². The third-order valence-corrected chi connectivity index (χ3v) is 3.22. The fourth-order valence-electron chi connectivity index (χ4n) is 1.99. The van der Waals surface area contributed by atoms with Crippen molar-refractivity contribution < 1.29 is 9.50 Å². The van der Waals surface area contributed by atoms with Gasteiger partial charge in [0.25, 0.3) is 0 Å². The Labute approximate surface area is 116 Å². The molecule has 2 N–H and O–H groups in total. The smallest absolute Gasteiger partial charge is 0.130 e. The van der Waals surface area contributed by atoms with Crippen LogP contribution in [0.4, 0.5) is 10.1 Å². The number of halogens is 2. The number of aliphatic hydroxyl groups excluding tert-OH is 1. The zero-order valence-electron chi connectivity index (χ0n) is 10.5. The number of aliphatic hydroxyl groups is 1. The molecule has 1 atom stereocenters. The van der Waals surface area contributed by atoms with Crippen molar-refractivity contribution in [2.75, 3.05) is 11.9 Å². The van der Waals surface area contributed by atoms with E-state index < -0.39 is 11.9 Å². The molecule has 100 valence electrons. The highest BCUT2D eigenvalue weighted by Gasteiger charge is 2.18. The lowest BCUT2D eigenvalue weighted by molar-refractivity contribution is 0.274. The second kappa shape index (κ2) is 6.04. The van der Waals surface area contributed by atoms with Gasteiger partial charge >= 0.3 is 0 Å². The third kappa shape index (κ3) is 3.25. The molecule has 1 unspecified atom stereocenters. The topological polar surface area (TPSA) is 32.3 Å². The maximum Gasteiger partial charge on any atom is 0.130 e. The summed E-state index contributed by atoms with van der Waals surface area (Å²) in [7, 11) is 0. The summed E-state index contributed by atoms with van der Waals surface area (Å²) in [5, 5.41) is 12.9. The minimum Gasteiger partial charge on any atom is -0.394 e. The van der Waals surface area contributed by atoms with E-state index in [1.54, 1.807) is 12.1 Å². The number of aryl methyl sites for hydroxylation is 1. The van der Waals surface area contributed by atoms with Gasteiger partial charge in [-0.15, -0.1) is 0 Å². The molecule has 2 nitrogen and oxygen atoms in total. The van der Waals surface area contributed by atoms with Gasteiger partial charge in [0.1, 0.15) is 5.82 Å². The van der Waals surface area contributed by atoms with Crippen molar-refractivity contribution in [1.29, 1.82) is 0 Å². The molecule has 19 heavy (non-hydrogen) atoms. The summed E-state index contributed by atoms with van der Waals surface area (Å²) < 4.78 is 13.8. The first-order valence-corrected chi connectivity index (χ1v) is 6.37. The van der Waals surface area contributed by atoms with Gasteiger partial charge in [-0.2, -0.15) is 0 Å². The summed E-state index contributed by atoms with van der Waals surface area (Å²) in [6.07, 6.45) is 0. The van der Waals surface area contributed by atoms with Gasteiger partial charge in [-0.1, -0.05) is 29.8 Å². The van der Waals surface area contributed by atoms with E-state index in [2.05, 4.69) is 5.32 Å². The first-order chi connectivity index (χ1) is 9.11. The molecule has 2 rings (SSSR count). The largest absolute Gasteiger partial charge is 0.394 e. The summed E-state index contributed by atoms with van der Waals surface area (Å²) >= 11 is 6.01. The van der Waals surface area contributed by atoms with E-state index in [1.807, 2.05) is 31.2 Å². The molecular formula is C15H15ClFNO. The molecule has 0 fully saturated rings. The fraction of sp³-hybridized carbons (Fsp3) is 0.200. The van der Waals surface area contributed by atoms with E-state index in [1.165, 1.54) is 6.07 Å². The molecule has 0 heterocycles. The summed E-state index contributed by atoms with van der Waals surface area (Å²) in [5.74, 6) is -0.424.